The molecule has 1 saturated heterocycles. The number of carbonyl (C=O) groups excluding carboxylic acids is 2. The van der Waals surface area contributed by atoms with Gasteiger partial charge < -0.3 is 9.64 Å². The molecule has 0 saturated carbocycles. The van der Waals surface area contributed by atoms with Crippen LogP contribution in [0.3, 0.4) is 0 Å². The van der Waals surface area contributed by atoms with Gasteiger partial charge in [0.1, 0.15) is 0 Å². The number of nitrogens with zero attached hydrogens (tertiary/aromatic N) is 2. The smallest absolute Gasteiger partial charge is 0.338 e. The summed E-state index contributed by atoms with van der Waals surface area (Å²) in [5, 5.41) is 0. The summed E-state index contributed by atoms with van der Waals surface area (Å²) in [5.41, 5.74) is 0.205. The monoisotopic (exact) mass is 340 g/mol. The van der Waals surface area contributed by atoms with E-state index in [1.165, 1.54) is 38.4 Å². The molecule has 1 amide bonds. The fraction of sp³-hybridized carbons (Fsp3) is 0.467. The molecular formula is C15H20N2O5S. The topological polar surface area (TPSA) is 84.0 Å². The van der Waals surface area contributed by atoms with Crippen molar-refractivity contribution in [2.75, 3.05) is 33.8 Å². The zero-order valence-corrected chi connectivity index (χ0v) is 14.0. The van der Waals surface area contributed by atoms with Crippen molar-refractivity contribution in [1.82, 2.24) is 9.21 Å². The van der Waals surface area contributed by atoms with Crippen molar-refractivity contribution in [3.05, 3.63) is 29.8 Å². The van der Waals surface area contributed by atoms with E-state index in [0.29, 0.717) is 13.1 Å². The van der Waals surface area contributed by atoms with Gasteiger partial charge in [-0.05, 0) is 37.1 Å². The van der Waals surface area contributed by atoms with Gasteiger partial charge >= 0.3 is 5.97 Å². The Morgan fingerprint density at radius 1 is 1.13 bits per heavy atom. The summed E-state index contributed by atoms with van der Waals surface area (Å²) in [6.07, 6.45) is 1.95. The molecule has 0 aromatic heterocycles. The van der Waals surface area contributed by atoms with Crippen LogP contribution in [0.15, 0.2) is 29.2 Å². The highest BCUT2D eigenvalue weighted by atomic mass is 32.2. The summed E-state index contributed by atoms with van der Waals surface area (Å²) < 4.78 is 29.9. The van der Waals surface area contributed by atoms with Crippen LogP contribution in [0.25, 0.3) is 0 Å². The highest BCUT2D eigenvalue weighted by Crippen LogP contribution is 2.15. The molecular weight excluding hydrogens is 320 g/mol. The third-order valence-corrected chi connectivity index (χ3v) is 5.48. The Balaban J connectivity index is 1.96. The Hall–Kier alpha value is -1.93. The van der Waals surface area contributed by atoms with Crippen LogP contribution in [0.4, 0.5) is 0 Å². The predicted octanol–water partition coefficient (Wildman–Crippen LogP) is 0.716. The second kappa shape index (κ2) is 7.10. The standard InChI is InChI=1S/C15H20N2O5S/c1-16(2)23(20,21)13-7-5-12(6-8-13)15(19)22-11-14(18)17-9-3-4-10-17/h5-8H,3-4,9-11H2,1-2H3. The number of rotatable bonds is 5. The molecule has 0 spiro atoms. The van der Waals surface area contributed by atoms with Crippen LogP contribution in [-0.4, -0.2) is 63.3 Å². The lowest BCUT2D eigenvalue weighted by molar-refractivity contribution is -0.133. The van der Waals surface area contributed by atoms with E-state index in [2.05, 4.69) is 0 Å². The summed E-state index contributed by atoms with van der Waals surface area (Å²) >= 11 is 0. The molecule has 0 unspecified atom stereocenters. The van der Waals surface area contributed by atoms with E-state index in [4.69, 9.17) is 4.74 Å². The average molecular weight is 340 g/mol. The van der Waals surface area contributed by atoms with Crippen molar-refractivity contribution in [2.24, 2.45) is 0 Å². The number of benzene rings is 1. The van der Waals surface area contributed by atoms with Gasteiger partial charge in [-0.3, -0.25) is 4.79 Å². The van der Waals surface area contributed by atoms with Crippen molar-refractivity contribution in [3.63, 3.8) is 0 Å². The van der Waals surface area contributed by atoms with Crippen molar-refractivity contribution in [2.45, 2.75) is 17.7 Å². The number of sulfonamides is 1. The van der Waals surface area contributed by atoms with Gasteiger partial charge in [0.15, 0.2) is 6.61 Å². The molecule has 0 N–H and O–H groups in total. The maximum atomic E-state index is 11.9. The first-order valence-electron chi connectivity index (χ1n) is 7.30. The molecule has 1 heterocycles. The molecule has 0 atom stereocenters. The Labute approximate surface area is 135 Å². The van der Waals surface area contributed by atoms with Crippen LogP contribution in [0.2, 0.25) is 0 Å². The molecule has 7 nitrogen and oxygen atoms in total. The van der Waals surface area contributed by atoms with Gasteiger partial charge in [-0.15, -0.1) is 0 Å². The number of carbonyl (C=O) groups is 2. The second-order valence-corrected chi connectivity index (χ2v) is 7.63. The molecule has 2 rings (SSSR count). The number of amides is 1. The summed E-state index contributed by atoms with van der Waals surface area (Å²) in [4.78, 5) is 25.5. The number of hydrogen-bond acceptors (Lipinski definition) is 5. The first-order valence-corrected chi connectivity index (χ1v) is 8.74. The summed E-state index contributed by atoms with van der Waals surface area (Å²) in [7, 11) is -0.672. The maximum absolute atomic E-state index is 11.9. The Morgan fingerprint density at radius 2 is 1.70 bits per heavy atom. The van der Waals surface area contributed by atoms with Crippen LogP contribution in [0, 0.1) is 0 Å². The van der Waals surface area contributed by atoms with Gasteiger partial charge in [0.2, 0.25) is 10.0 Å². The van der Waals surface area contributed by atoms with Crippen molar-refractivity contribution in [3.8, 4) is 0 Å². The fourth-order valence-electron chi connectivity index (χ4n) is 2.24. The van der Waals surface area contributed by atoms with Crippen LogP contribution in [-0.2, 0) is 19.6 Å². The van der Waals surface area contributed by atoms with Gasteiger partial charge in [0, 0.05) is 27.2 Å². The average Bonchev–Trinajstić information content (AvgIpc) is 3.06. The molecule has 0 radical (unpaired) electrons. The summed E-state index contributed by atoms with van der Waals surface area (Å²) in [5.74, 6) is -0.853. The number of ether oxygens (including phenoxy) is 1. The lowest BCUT2D eigenvalue weighted by Gasteiger charge is -2.15. The Bertz CT molecular complexity index is 676. The van der Waals surface area contributed by atoms with E-state index in [1.54, 1.807) is 4.90 Å². The lowest BCUT2D eigenvalue weighted by atomic mass is 10.2. The van der Waals surface area contributed by atoms with Gasteiger partial charge in [0.05, 0.1) is 10.5 Å². The highest BCUT2D eigenvalue weighted by Gasteiger charge is 2.20. The highest BCUT2D eigenvalue weighted by molar-refractivity contribution is 7.89. The molecule has 23 heavy (non-hydrogen) atoms. The zero-order valence-electron chi connectivity index (χ0n) is 13.2. The SMILES string of the molecule is CN(C)S(=O)(=O)c1ccc(C(=O)OCC(=O)N2CCCC2)cc1. The van der Waals surface area contributed by atoms with Crippen LogP contribution < -0.4 is 0 Å². The molecule has 1 aliphatic heterocycles. The number of esters is 1. The molecule has 0 aliphatic carbocycles. The van der Waals surface area contributed by atoms with Crippen LogP contribution >= 0.6 is 0 Å². The zero-order chi connectivity index (χ0) is 17.0. The number of hydrogen-bond donors (Lipinski definition) is 0. The minimum absolute atomic E-state index is 0.0900. The largest absolute Gasteiger partial charge is 0.452 e. The van der Waals surface area contributed by atoms with Crippen LogP contribution in [0.1, 0.15) is 23.2 Å². The second-order valence-electron chi connectivity index (χ2n) is 5.48. The molecule has 1 aromatic rings. The van der Waals surface area contributed by atoms with E-state index >= 15 is 0 Å². The van der Waals surface area contributed by atoms with E-state index < -0.39 is 16.0 Å². The predicted molar refractivity (Wildman–Crippen MR) is 83.4 cm³/mol. The van der Waals surface area contributed by atoms with Gasteiger partial charge in [0.25, 0.3) is 5.91 Å². The normalized spacial score (nSPS) is 15.0. The maximum Gasteiger partial charge on any atom is 0.338 e. The first kappa shape index (κ1) is 17.4. The fourth-order valence-corrected chi connectivity index (χ4v) is 3.14. The minimum atomic E-state index is -3.54. The van der Waals surface area contributed by atoms with E-state index in [1.807, 2.05) is 0 Å². The van der Waals surface area contributed by atoms with Crippen molar-refractivity contribution >= 4 is 21.9 Å². The molecule has 126 valence electrons. The van der Waals surface area contributed by atoms with Crippen molar-refractivity contribution < 1.29 is 22.7 Å². The van der Waals surface area contributed by atoms with E-state index in [-0.39, 0.29) is 23.0 Å². The Kier molecular flexibility index (Phi) is 5.38. The van der Waals surface area contributed by atoms with Gasteiger partial charge in [-0.2, -0.15) is 0 Å². The third kappa shape index (κ3) is 4.08. The molecule has 1 aliphatic rings. The summed E-state index contributed by atoms with van der Waals surface area (Å²) in [6.45, 7) is 1.11. The van der Waals surface area contributed by atoms with E-state index in [9.17, 15) is 18.0 Å². The molecule has 1 fully saturated rings. The Morgan fingerprint density at radius 3 is 2.22 bits per heavy atom. The molecule has 0 bridgehead atoms. The van der Waals surface area contributed by atoms with Gasteiger partial charge in [-0.1, -0.05) is 0 Å². The lowest BCUT2D eigenvalue weighted by Crippen LogP contribution is -2.32. The molecule has 8 heteroatoms. The van der Waals surface area contributed by atoms with Crippen molar-refractivity contribution in [1.29, 1.82) is 0 Å². The number of likely N-dealkylation sites (tertiary alicyclic amines) is 1. The first-order chi connectivity index (χ1) is 10.8. The van der Waals surface area contributed by atoms with E-state index in [0.717, 1.165) is 17.1 Å². The minimum Gasteiger partial charge on any atom is -0.452 e. The van der Waals surface area contributed by atoms with Gasteiger partial charge in [-0.25, -0.2) is 17.5 Å². The molecule has 1 aromatic carbocycles. The third-order valence-electron chi connectivity index (χ3n) is 3.65. The van der Waals surface area contributed by atoms with Crippen LogP contribution in [0.5, 0.6) is 0 Å². The summed E-state index contributed by atoms with van der Waals surface area (Å²) in [6, 6.07) is 5.43. The quantitative estimate of drug-likeness (QED) is 0.737.